The molecule has 6 heteroatoms. The van der Waals surface area contributed by atoms with Crippen molar-refractivity contribution in [2.24, 2.45) is 12.0 Å². The highest BCUT2D eigenvalue weighted by molar-refractivity contribution is 14.0. The second kappa shape index (κ2) is 8.33. The Hall–Kier alpha value is -1.57. The number of rotatable bonds is 3. The minimum absolute atomic E-state index is 0. The number of nitrogens with zero attached hydrogens (tertiary/aromatic N) is 4. The van der Waals surface area contributed by atoms with E-state index in [4.69, 9.17) is 0 Å². The van der Waals surface area contributed by atoms with Gasteiger partial charge in [0.15, 0.2) is 5.96 Å². The first-order valence-electron chi connectivity index (χ1n) is 7.74. The molecule has 5 nitrogen and oxygen atoms in total. The molecule has 3 rings (SSSR count). The van der Waals surface area contributed by atoms with Crippen molar-refractivity contribution < 1.29 is 0 Å². The van der Waals surface area contributed by atoms with Crippen LogP contribution in [0.3, 0.4) is 0 Å². The Labute approximate surface area is 154 Å². The largest absolute Gasteiger partial charge is 0.352 e. The maximum atomic E-state index is 4.43. The molecule has 1 aromatic carbocycles. The molecule has 0 amide bonds. The fourth-order valence-electron chi connectivity index (χ4n) is 2.98. The molecule has 1 N–H and O–H groups in total. The smallest absolute Gasteiger partial charge is 0.193 e. The SMILES string of the molecule is CN=C(NCc1ccccc1)N1CCC(c2cnn(C)c2)C1.I. The van der Waals surface area contributed by atoms with Gasteiger partial charge in [0, 0.05) is 45.8 Å². The minimum atomic E-state index is 0. The third kappa shape index (κ3) is 4.46. The van der Waals surface area contributed by atoms with E-state index in [1.807, 2.05) is 31.0 Å². The van der Waals surface area contributed by atoms with E-state index in [9.17, 15) is 0 Å². The van der Waals surface area contributed by atoms with Crippen molar-refractivity contribution >= 4 is 29.9 Å². The average molecular weight is 425 g/mol. The number of nitrogens with one attached hydrogen (secondary N) is 1. The molecule has 0 spiro atoms. The van der Waals surface area contributed by atoms with Gasteiger partial charge >= 0.3 is 0 Å². The highest BCUT2D eigenvalue weighted by atomic mass is 127. The summed E-state index contributed by atoms with van der Waals surface area (Å²) < 4.78 is 1.88. The maximum Gasteiger partial charge on any atom is 0.193 e. The summed E-state index contributed by atoms with van der Waals surface area (Å²) in [6.45, 7) is 2.84. The molecule has 2 aromatic rings. The van der Waals surface area contributed by atoms with Crippen molar-refractivity contribution in [2.75, 3.05) is 20.1 Å². The Morgan fingerprint density at radius 3 is 2.78 bits per heavy atom. The number of halogens is 1. The Bertz CT molecular complexity index is 637. The third-order valence-electron chi connectivity index (χ3n) is 4.19. The number of hydrogen-bond donors (Lipinski definition) is 1. The van der Waals surface area contributed by atoms with Gasteiger partial charge < -0.3 is 10.2 Å². The maximum absolute atomic E-state index is 4.43. The van der Waals surface area contributed by atoms with E-state index in [1.165, 1.54) is 11.1 Å². The molecule has 1 fully saturated rings. The van der Waals surface area contributed by atoms with Crippen LogP contribution in [0.2, 0.25) is 0 Å². The predicted molar refractivity (Wildman–Crippen MR) is 104 cm³/mol. The number of aromatic nitrogens is 2. The van der Waals surface area contributed by atoms with E-state index in [1.54, 1.807) is 0 Å². The first-order chi connectivity index (χ1) is 10.8. The molecule has 23 heavy (non-hydrogen) atoms. The normalized spacial score (nSPS) is 17.9. The van der Waals surface area contributed by atoms with Crippen LogP contribution in [-0.4, -0.2) is 40.8 Å². The molecule has 1 aliphatic rings. The van der Waals surface area contributed by atoms with Crippen LogP contribution < -0.4 is 5.32 Å². The van der Waals surface area contributed by atoms with Crippen LogP contribution in [0.1, 0.15) is 23.5 Å². The zero-order valence-corrected chi connectivity index (χ0v) is 16.0. The highest BCUT2D eigenvalue weighted by Gasteiger charge is 2.26. The number of hydrogen-bond acceptors (Lipinski definition) is 2. The Balaban J connectivity index is 0.00000192. The van der Waals surface area contributed by atoms with E-state index in [2.05, 4.69) is 50.8 Å². The van der Waals surface area contributed by atoms with Gasteiger partial charge in [-0.25, -0.2) is 0 Å². The van der Waals surface area contributed by atoms with Gasteiger partial charge in [0.05, 0.1) is 6.20 Å². The zero-order valence-electron chi connectivity index (χ0n) is 13.6. The lowest BCUT2D eigenvalue weighted by Crippen LogP contribution is -2.39. The van der Waals surface area contributed by atoms with Crippen molar-refractivity contribution in [3.63, 3.8) is 0 Å². The standard InChI is InChI=1S/C17H23N5.HI/c1-18-17(19-10-14-6-4-3-5-7-14)22-9-8-15(13-22)16-11-20-21(2)12-16;/h3-7,11-12,15H,8-10,13H2,1-2H3,(H,18,19);1H. The molecule has 2 heterocycles. The predicted octanol–water partition coefficient (Wildman–Crippen LogP) is 2.60. The van der Waals surface area contributed by atoms with Crippen molar-refractivity contribution in [1.82, 2.24) is 20.0 Å². The number of benzene rings is 1. The van der Waals surface area contributed by atoms with Gasteiger partial charge in [0.25, 0.3) is 0 Å². The molecule has 0 radical (unpaired) electrons. The van der Waals surface area contributed by atoms with Gasteiger partial charge in [0.2, 0.25) is 0 Å². The Morgan fingerprint density at radius 1 is 1.35 bits per heavy atom. The number of likely N-dealkylation sites (tertiary alicyclic amines) is 1. The molecule has 1 aromatic heterocycles. The number of aliphatic imine (C=N–C) groups is 1. The highest BCUT2D eigenvalue weighted by Crippen LogP contribution is 2.26. The first kappa shape index (κ1) is 17.8. The van der Waals surface area contributed by atoms with E-state index in [0.29, 0.717) is 5.92 Å². The molecule has 0 bridgehead atoms. The summed E-state index contributed by atoms with van der Waals surface area (Å²) in [5.74, 6) is 1.53. The van der Waals surface area contributed by atoms with Crippen LogP contribution in [0, 0.1) is 0 Å². The van der Waals surface area contributed by atoms with Crippen molar-refractivity contribution in [3.8, 4) is 0 Å². The van der Waals surface area contributed by atoms with Crippen LogP contribution in [0.15, 0.2) is 47.7 Å². The summed E-state index contributed by atoms with van der Waals surface area (Å²) in [6, 6.07) is 10.4. The van der Waals surface area contributed by atoms with Crippen molar-refractivity contribution in [1.29, 1.82) is 0 Å². The summed E-state index contributed by atoms with van der Waals surface area (Å²) >= 11 is 0. The molecule has 1 aliphatic heterocycles. The van der Waals surface area contributed by atoms with Crippen LogP contribution >= 0.6 is 24.0 Å². The van der Waals surface area contributed by atoms with Crippen LogP contribution in [0.25, 0.3) is 0 Å². The summed E-state index contributed by atoms with van der Waals surface area (Å²) in [4.78, 5) is 6.76. The van der Waals surface area contributed by atoms with Gasteiger partial charge in [-0.2, -0.15) is 5.10 Å². The number of guanidine groups is 1. The molecule has 1 unspecified atom stereocenters. The second-order valence-electron chi connectivity index (χ2n) is 5.77. The van der Waals surface area contributed by atoms with Gasteiger partial charge in [-0.3, -0.25) is 9.67 Å². The second-order valence-corrected chi connectivity index (χ2v) is 5.77. The van der Waals surface area contributed by atoms with Crippen molar-refractivity contribution in [3.05, 3.63) is 53.9 Å². The number of aryl methyl sites for hydroxylation is 1. The van der Waals surface area contributed by atoms with Crippen LogP contribution in [0.4, 0.5) is 0 Å². The van der Waals surface area contributed by atoms with Gasteiger partial charge in [-0.1, -0.05) is 30.3 Å². The molecule has 1 saturated heterocycles. The fourth-order valence-corrected chi connectivity index (χ4v) is 2.98. The Morgan fingerprint density at radius 2 is 2.13 bits per heavy atom. The van der Waals surface area contributed by atoms with E-state index < -0.39 is 0 Å². The Kier molecular flexibility index (Phi) is 6.44. The summed E-state index contributed by atoms with van der Waals surface area (Å²) in [5, 5.41) is 7.74. The van der Waals surface area contributed by atoms with Gasteiger partial charge in [0.1, 0.15) is 0 Å². The van der Waals surface area contributed by atoms with E-state index in [0.717, 1.165) is 32.0 Å². The molecule has 1 atom stereocenters. The van der Waals surface area contributed by atoms with E-state index in [-0.39, 0.29) is 24.0 Å². The summed E-state index contributed by atoms with van der Waals surface area (Å²) in [5.41, 5.74) is 2.59. The molecule has 124 valence electrons. The first-order valence-corrected chi connectivity index (χ1v) is 7.74. The lowest BCUT2D eigenvalue weighted by atomic mass is 10.0. The van der Waals surface area contributed by atoms with Crippen LogP contribution in [0.5, 0.6) is 0 Å². The van der Waals surface area contributed by atoms with E-state index >= 15 is 0 Å². The molecular formula is C17H24IN5. The van der Waals surface area contributed by atoms with Gasteiger partial charge in [-0.15, -0.1) is 24.0 Å². The average Bonchev–Trinajstić information content (AvgIpc) is 3.18. The molecule has 0 aliphatic carbocycles. The zero-order chi connectivity index (χ0) is 15.4. The van der Waals surface area contributed by atoms with Crippen LogP contribution in [-0.2, 0) is 13.6 Å². The van der Waals surface area contributed by atoms with Gasteiger partial charge in [-0.05, 0) is 17.5 Å². The molecule has 0 saturated carbocycles. The fraction of sp³-hybridized carbons (Fsp3) is 0.412. The van der Waals surface area contributed by atoms with Crippen molar-refractivity contribution in [2.45, 2.75) is 18.9 Å². The quantitative estimate of drug-likeness (QED) is 0.467. The summed E-state index contributed by atoms with van der Waals surface area (Å²) in [7, 11) is 3.82. The molecular weight excluding hydrogens is 401 g/mol. The summed E-state index contributed by atoms with van der Waals surface area (Å²) in [6.07, 6.45) is 5.25. The minimum Gasteiger partial charge on any atom is -0.352 e. The third-order valence-corrected chi connectivity index (χ3v) is 4.19. The lowest BCUT2D eigenvalue weighted by Gasteiger charge is -2.21. The monoisotopic (exact) mass is 425 g/mol. The topological polar surface area (TPSA) is 45.5 Å². The lowest BCUT2D eigenvalue weighted by molar-refractivity contribution is 0.486.